The van der Waals surface area contributed by atoms with Crippen molar-refractivity contribution in [3.05, 3.63) is 83.3 Å². The molecule has 10 heteroatoms. The fourth-order valence-electron chi connectivity index (χ4n) is 4.15. The fraction of sp³-hybridized carbons (Fsp3) is 0.357. The van der Waals surface area contributed by atoms with Gasteiger partial charge in [-0.15, -0.1) is 0 Å². The quantitative estimate of drug-likeness (QED) is 0.341. The van der Waals surface area contributed by atoms with E-state index in [1.165, 1.54) is 11.2 Å². The highest BCUT2D eigenvalue weighted by molar-refractivity contribution is 5.97. The zero-order valence-electron chi connectivity index (χ0n) is 21.2. The number of halogens is 3. The normalized spacial score (nSPS) is 13.2. The lowest BCUT2D eigenvalue weighted by Gasteiger charge is -2.27. The summed E-state index contributed by atoms with van der Waals surface area (Å²) in [5, 5.41) is 0. The van der Waals surface area contributed by atoms with Crippen LogP contribution in [0, 0.1) is 0 Å². The third-order valence-corrected chi connectivity index (χ3v) is 6.41. The third-order valence-electron chi connectivity index (χ3n) is 6.41. The second kappa shape index (κ2) is 11.6. The van der Waals surface area contributed by atoms with Gasteiger partial charge in [0, 0.05) is 18.2 Å². The summed E-state index contributed by atoms with van der Waals surface area (Å²) in [5.74, 6) is 1.02. The predicted molar refractivity (Wildman–Crippen MR) is 133 cm³/mol. The van der Waals surface area contributed by atoms with E-state index < -0.39 is 17.6 Å². The lowest BCUT2D eigenvalue weighted by atomic mass is 10.1. The first-order chi connectivity index (χ1) is 18.2. The molecule has 1 aromatic heterocycles. The van der Waals surface area contributed by atoms with Crippen LogP contribution < -0.4 is 9.47 Å². The molecule has 2 aromatic carbocycles. The summed E-state index contributed by atoms with van der Waals surface area (Å²) in [6.45, 7) is 0.380. The van der Waals surface area contributed by atoms with Gasteiger partial charge in [0.1, 0.15) is 12.3 Å². The summed E-state index contributed by atoms with van der Waals surface area (Å²) in [6, 6.07) is 13.0. The Morgan fingerprint density at radius 1 is 1.00 bits per heavy atom. The smallest absolute Gasteiger partial charge is 0.416 e. The van der Waals surface area contributed by atoms with E-state index >= 15 is 0 Å². The van der Waals surface area contributed by atoms with Crippen LogP contribution in [0.25, 0.3) is 0 Å². The van der Waals surface area contributed by atoms with Crippen molar-refractivity contribution in [3.8, 4) is 11.5 Å². The summed E-state index contributed by atoms with van der Waals surface area (Å²) >= 11 is 0. The number of nitrogens with zero attached hydrogens (tertiary/aromatic N) is 2. The number of hydrogen-bond donors (Lipinski definition) is 0. The lowest BCUT2D eigenvalue weighted by molar-refractivity contribution is -0.137. The molecule has 0 bridgehead atoms. The van der Waals surface area contributed by atoms with Gasteiger partial charge in [-0.2, -0.15) is 13.2 Å². The maximum Gasteiger partial charge on any atom is 0.416 e. The van der Waals surface area contributed by atoms with Crippen molar-refractivity contribution in [2.45, 2.75) is 38.0 Å². The SMILES string of the molecule is COc1ccc(CCN(Cc2ccco2)C(=O)CN(C(=O)c2ccc(C(F)(F)F)cc2)C2CC2)cc1OC. The first kappa shape index (κ1) is 27.1. The maximum absolute atomic E-state index is 13.5. The van der Waals surface area contributed by atoms with E-state index in [1.54, 1.807) is 37.3 Å². The van der Waals surface area contributed by atoms with Crippen LogP contribution in [0.3, 0.4) is 0 Å². The number of carbonyl (C=O) groups excluding carboxylic acids is 2. The topological polar surface area (TPSA) is 72.2 Å². The van der Waals surface area contributed by atoms with Crippen molar-refractivity contribution in [3.63, 3.8) is 0 Å². The number of furan rings is 1. The summed E-state index contributed by atoms with van der Waals surface area (Å²) in [5.41, 5.74) is 0.211. The highest BCUT2D eigenvalue weighted by Gasteiger charge is 2.36. The number of ether oxygens (including phenoxy) is 2. The number of benzene rings is 2. The summed E-state index contributed by atoms with van der Waals surface area (Å²) in [7, 11) is 3.10. The van der Waals surface area contributed by atoms with E-state index in [0.29, 0.717) is 30.2 Å². The van der Waals surface area contributed by atoms with Gasteiger partial charge >= 0.3 is 6.18 Å². The molecule has 0 atom stereocenters. The Hall–Kier alpha value is -3.95. The second-order valence-electron chi connectivity index (χ2n) is 9.07. The van der Waals surface area contributed by atoms with Gasteiger partial charge < -0.3 is 23.7 Å². The Morgan fingerprint density at radius 3 is 2.29 bits per heavy atom. The highest BCUT2D eigenvalue weighted by Crippen LogP contribution is 2.32. The maximum atomic E-state index is 13.5. The molecule has 202 valence electrons. The van der Waals surface area contributed by atoms with Gasteiger partial charge in [0.05, 0.1) is 32.6 Å². The van der Waals surface area contributed by atoms with Crippen LogP contribution in [0.1, 0.15) is 40.1 Å². The molecule has 1 aliphatic carbocycles. The molecule has 0 saturated heterocycles. The van der Waals surface area contributed by atoms with Crippen LogP contribution in [-0.4, -0.2) is 55.0 Å². The fourth-order valence-corrected chi connectivity index (χ4v) is 4.15. The Labute approximate surface area is 218 Å². The minimum Gasteiger partial charge on any atom is -0.493 e. The Bertz CT molecular complexity index is 1240. The van der Waals surface area contributed by atoms with Gasteiger partial charge in [0.2, 0.25) is 5.91 Å². The molecule has 38 heavy (non-hydrogen) atoms. The summed E-state index contributed by atoms with van der Waals surface area (Å²) in [6.07, 6.45) is -0.971. The molecule has 2 amide bonds. The zero-order valence-corrected chi connectivity index (χ0v) is 21.2. The van der Waals surface area contributed by atoms with E-state index in [9.17, 15) is 22.8 Å². The molecule has 1 heterocycles. The molecule has 0 aliphatic heterocycles. The van der Waals surface area contributed by atoms with Crippen LogP contribution in [0.2, 0.25) is 0 Å². The van der Waals surface area contributed by atoms with Gasteiger partial charge in [-0.05, 0) is 73.4 Å². The number of rotatable bonds is 11. The van der Waals surface area contributed by atoms with Crippen molar-refractivity contribution in [1.29, 1.82) is 0 Å². The molecule has 1 aliphatic rings. The second-order valence-corrected chi connectivity index (χ2v) is 9.07. The highest BCUT2D eigenvalue weighted by atomic mass is 19.4. The minimum atomic E-state index is -4.49. The molecule has 7 nitrogen and oxygen atoms in total. The van der Waals surface area contributed by atoms with E-state index in [4.69, 9.17) is 13.9 Å². The molecular formula is C28H29F3N2O5. The average Bonchev–Trinajstić information content (AvgIpc) is 3.63. The van der Waals surface area contributed by atoms with Crippen LogP contribution in [0.5, 0.6) is 11.5 Å². The Morgan fingerprint density at radius 2 is 1.71 bits per heavy atom. The van der Waals surface area contributed by atoms with Crippen molar-refractivity contribution >= 4 is 11.8 Å². The average molecular weight is 531 g/mol. The van der Waals surface area contributed by atoms with Crippen molar-refractivity contribution in [2.24, 2.45) is 0 Å². The van der Waals surface area contributed by atoms with Gasteiger partial charge in [0.15, 0.2) is 11.5 Å². The number of amides is 2. The molecule has 4 rings (SSSR count). The van der Waals surface area contributed by atoms with Crippen LogP contribution in [-0.2, 0) is 23.9 Å². The van der Waals surface area contributed by atoms with E-state index in [-0.39, 0.29) is 30.6 Å². The van der Waals surface area contributed by atoms with Crippen molar-refractivity contribution in [2.75, 3.05) is 27.3 Å². The minimum absolute atomic E-state index is 0.112. The van der Waals surface area contributed by atoms with Gasteiger partial charge in [0.25, 0.3) is 5.91 Å². The monoisotopic (exact) mass is 530 g/mol. The Kier molecular flexibility index (Phi) is 8.29. The number of carbonyl (C=O) groups is 2. The van der Waals surface area contributed by atoms with Crippen LogP contribution >= 0.6 is 0 Å². The van der Waals surface area contributed by atoms with E-state index in [2.05, 4.69) is 0 Å². The van der Waals surface area contributed by atoms with Crippen molar-refractivity contribution < 1.29 is 36.7 Å². The van der Waals surface area contributed by atoms with Crippen molar-refractivity contribution in [1.82, 2.24) is 9.80 Å². The summed E-state index contributed by atoms with van der Waals surface area (Å²) in [4.78, 5) is 29.7. The first-order valence-corrected chi connectivity index (χ1v) is 12.2. The van der Waals surface area contributed by atoms with E-state index in [0.717, 1.165) is 42.7 Å². The third kappa shape index (κ3) is 6.67. The standard InChI is InChI=1S/C28H29F3N2O5/c1-36-24-12-5-19(16-25(24)37-2)13-14-32(17-23-4-3-15-38-23)26(34)18-33(22-10-11-22)27(35)20-6-8-21(9-7-20)28(29,30)31/h3-9,12,15-16,22H,10-11,13-14,17-18H2,1-2H3. The van der Waals surface area contributed by atoms with Gasteiger partial charge in [-0.3, -0.25) is 9.59 Å². The molecule has 0 spiro atoms. The molecule has 0 N–H and O–H groups in total. The Balaban J connectivity index is 1.49. The molecule has 3 aromatic rings. The zero-order chi connectivity index (χ0) is 27.3. The van der Waals surface area contributed by atoms with E-state index in [1.807, 2.05) is 12.1 Å². The number of alkyl halides is 3. The molecule has 0 unspecified atom stereocenters. The summed E-state index contributed by atoms with van der Waals surface area (Å²) < 4.78 is 54.9. The molecular weight excluding hydrogens is 501 g/mol. The van der Waals surface area contributed by atoms with Gasteiger partial charge in [-0.25, -0.2) is 0 Å². The first-order valence-electron chi connectivity index (χ1n) is 12.2. The number of methoxy groups -OCH3 is 2. The van der Waals surface area contributed by atoms with Gasteiger partial charge in [-0.1, -0.05) is 6.07 Å². The largest absolute Gasteiger partial charge is 0.493 e. The molecule has 0 radical (unpaired) electrons. The number of hydrogen-bond acceptors (Lipinski definition) is 5. The predicted octanol–water partition coefficient (Wildman–Crippen LogP) is 5.19. The molecule has 1 saturated carbocycles. The molecule has 1 fully saturated rings. The van der Waals surface area contributed by atoms with Crippen LogP contribution in [0.4, 0.5) is 13.2 Å². The lowest BCUT2D eigenvalue weighted by Crippen LogP contribution is -2.44. The van der Waals surface area contributed by atoms with Crippen LogP contribution in [0.15, 0.2) is 65.3 Å².